The fourth-order valence-corrected chi connectivity index (χ4v) is 3.37. The zero-order chi connectivity index (χ0) is 18.8. The number of methoxy groups -OCH3 is 1. The highest BCUT2D eigenvalue weighted by Crippen LogP contribution is 2.37. The molecule has 136 valence electrons. The van der Waals surface area contributed by atoms with Crippen LogP contribution in [-0.2, 0) is 6.42 Å². The predicted molar refractivity (Wildman–Crippen MR) is 106 cm³/mol. The number of rotatable bonds is 5. The SMILES string of the molecule is CCc1cccc(NC2c3ncccc3C(=O)N2c2ccc(OC)cc2)c1. The lowest BCUT2D eigenvalue weighted by Gasteiger charge is -2.27. The van der Waals surface area contributed by atoms with Crippen molar-refractivity contribution in [3.8, 4) is 5.75 Å². The van der Waals surface area contributed by atoms with Gasteiger partial charge in [0.2, 0.25) is 0 Å². The molecule has 0 bridgehead atoms. The van der Waals surface area contributed by atoms with E-state index in [9.17, 15) is 4.79 Å². The highest BCUT2D eigenvalue weighted by Gasteiger charge is 2.39. The van der Waals surface area contributed by atoms with Crippen LogP contribution in [0.4, 0.5) is 11.4 Å². The van der Waals surface area contributed by atoms with Gasteiger partial charge in [0.05, 0.1) is 18.4 Å². The van der Waals surface area contributed by atoms with Crippen molar-refractivity contribution in [2.45, 2.75) is 19.5 Å². The number of fused-ring (bicyclic) bond motifs is 1. The number of nitrogens with zero attached hydrogens (tertiary/aromatic N) is 2. The van der Waals surface area contributed by atoms with E-state index >= 15 is 0 Å². The summed E-state index contributed by atoms with van der Waals surface area (Å²) in [6.45, 7) is 2.12. The Bertz CT molecular complexity index is 969. The smallest absolute Gasteiger partial charge is 0.262 e. The second kappa shape index (κ2) is 7.11. The Morgan fingerprint density at radius 3 is 2.67 bits per heavy atom. The third-order valence-corrected chi connectivity index (χ3v) is 4.79. The Morgan fingerprint density at radius 2 is 1.93 bits per heavy atom. The second-order valence-electron chi connectivity index (χ2n) is 6.41. The van der Waals surface area contributed by atoms with E-state index < -0.39 is 0 Å². The molecule has 5 heteroatoms. The van der Waals surface area contributed by atoms with Crippen LogP contribution in [0.25, 0.3) is 0 Å². The number of amides is 1. The molecule has 27 heavy (non-hydrogen) atoms. The third kappa shape index (κ3) is 3.12. The maximum atomic E-state index is 13.1. The van der Waals surface area contributed by atoms with Crippen molar-refractivity contribution in [2.75, 3.05) is 17.3 Å². The molecule has 2 heterocycles. The summed E-state index contributed by atoms with van der Waals surface area (Å²) in [7, 11) is 1.63. The normalized spacial score (nSPS) is 15.6. The predicted octanol–water partition coefficient (Wildman–Crippen LogP) is 4.42. The van der Waals surface area contributed by atoms with Crippen LogP contribution in [0.3, 0.4) is 0 Å². The molecular formula is C22H21N3O2. The van der Waals surface area contributed by atoms with Crippen molar-refractivity contribution in [3.63, 3.8) is 0 Å². The Kier molecular flexibility index (Phi) is 4.50. The first-order valence-electron chi connectivity index (χ1n) is 8.99. The third-order valence-electron chi connectivity index (χ3n) is 4.79. The van der Waals surface area contributed by atoms with E-state index in [4.69, 9.17) is 4.74 Å². The maximum absolute atomic E-state index is 13.1. The largest absolute Gasteiger partial charge is 0.497 e. The second-order valence-corrected chi connectivity index (χ2v) is 6.41. The molecule has 1 amide bonds. The van der Waals surface area contributed by atoms with Crippen molar-refractivity contribution in [1.29, 1.82) is 0 Å². The summed E-state index contributed by atoms with van der Waals surface area (Å²) in [6.07, 6.45) is 2.31. The fourth-order valence-electron chi connectivity index (χ4n) is 3.37. The molecule has 4 rings (SSSR count). The molecule has 0 fully saturated rings. The first-order chi connectivity index (χ1) is 13.2. The van der Waals surface area contributed by atoms with E-state index in [-0.39, 0.29) is 12.1 Å². The Morgan fingerprint density at radius 1 is 1.11 bits per heavy atom. The van der Waals surface area contributed by atoms with Crippen molar-refractivity contribution in [3.05, 3.63) is 83.7 Å². The van der Waals surface area contributed by atoms with E-state index in [1.807, 2.05) is 42.5 Å². The number of pyridine rings is 1. The summed E-state index contributed by atoms with van der Waals surface area (Å²) in [4.78, 5) is 19.3. The number of hydrogen-bond donors (Lipinski definition) is 1. The topological polar surface area (TPSA) is 54.5 Å². The molecule has 2 aromatic carbocycles. The lowest BCUT2D eigenvalue weighted by molar-refractivity contribution is 0.0993. The number of ether oxygens (including phenoxy) is 1. The van der Waals surface area contributed by atoms with E-state index in [2.05, 4.69) is 29.4 Å². The summed E-state index contributed by atoms with van der Waals surface area (Å²) in [5.41, 5.74) is 4.35. The van der Waals surface area contributed by atoms with E-state index in [1.54, 1.807) is 24.3 Å². The first-order valence-corrected chi connectivity index (χ1v) is 8.99. The molecule has 0 saturated heterocycles. The lowest BCUT2D eigenvalue weighted by atomic mass is 10.1. The number of carbonyl (C=O) groups is 1. The summed E-state index contributed by atoms with van der Waals surface area (Å²) >= 11 is 0. The van der Waals surface area contributed by atoms with Gasteiger partial charge in [-0.15, -0.1) is 0 Å². The minimum absolute atomic E-state index is 0.0626. The number of anilines is 2. The molecule has 1 aromatic heterocycles. The van der Waals surface area contributed by atoms with Gasteiger partial charge < -0.3 is 10.1 Å². The Hall–Kier alpha value is -3.34. The zero-order valence-corrected chi connectivity index (χ0v) is 15.3. The van der Waals surface area contributed by atoms with Crippen molar-refractivity contribution in [2.24, 2.45) is 0 Å². The quantitative estimate of drug-likeness (QED) is 0.732. The molecule has 1 N–H and O–H groups in total. The van der Waals surface area contributed by atoms with Crippen LogP contribution in [0.15, 0.2) is 66.9 Å². The minimum atomic E-state index is -0.366. The average Bonchev–Trinajstić information content (AvgIpc) is 3.00. The summed E-state index contributed by atoms with van der Waals surface area (Å²) in [5.74, 6) is 0.689. The number of hydrogen-bond acceptors (Lipinski definition) is 4. The maximum Gasteiger partial charge on any atom is 0.262 e. The zero-order valence-electron chi connectivity index (χ0n) is 15.3. The molecule has 3 aromatic rings. The number of nitrogens with one attached hydrogen (secondary N) is 1. The van der Waals surface area contributed by atoms with Crippen molar-refractivity contribution < 1.29 is 9.53 Å². The molecule has 0 aliphatic carbocycles. The van der Waals surface area contributed by atoms with Crippen LogP contribution in [0.5, 0.6) is 5.75 Å². The number of benzene rings is 2. The molecule has 0 radical (unpaired) electrons. The molecule has 1 aliphatic heterocycles. The number of aryl methyl sites for hydroxylation is 1. The van der Waals surface area contributed by atoms with E-state index in [1.165, 1.54) is 5.56 Å². The average molecular weight is 359 g/mol. The van der Waals surface area contributed by atoms with Gasteiger partial charge in [0.25, 0.3) is 5.91 Å². The number of aromatic nitrogens is 1. The highest BCUT2D eigenvalue weighted by atomic mass is 16.5. The molecule has 1 atom stereocenters. The van der Waals surface area contributed by atoms with Crippen molar-refractivity contribution >= 4 is 17.3 Å². The van der Waals surface area contributed by atoms with Crippen LogP contribution >= 0.6 is 0 Å². The standard InChI is InChI=1S/C22H21N3O2/c1-3-15-6-4-7-16(14-15)24-21-20-19(8-5-13-23-20)22(26)25(21)17-9-11-18(27-2)12-10-17/h4-14,21,24H,3H2,1-2H3. The van der Waals surface area contributed by atoms with Gasteiger partial charge in [-0.1, -0.05) is 19.1 Å². The molecular weight excluding hydrogens is 338 g/mol. The van der Waals surface area contributed by atoms with Crippen LogP contribution < -0.4 is 15.0 Å². The van der Waals surface area contributed by atoms with Crippen molar-refractivity contribution in [1.82, 2.24) is 4.98 Å². The molecule has 1 aliphatic rings. The van der Waals surface area contributed by atoms with Gasteiger partial charge in [-0.3, -0.25) is 14.7 Å². The lowest BCUT2D eigenvalue weighted by Crippen LogP contribution is -2.32. The van der Waals surface area contributed by atoms with Gasteiger partial charge in [0.1, 0.15) is 5.75 Å². The van der Waals surface area contributed by atoms with Crippen LogP contribution in [0.1, 0.15) is 34.7 Å². The van der Waals surface area contributed by atoms with Crippen LogP contribution in [-0.4, -0.2) is 18.0 Å². The van der Waals surface area contributed by atoms with E-state index in [0.717, 1.165) is 29.2 Å². The Balaban J connectivity index is 1.74. The summed E-state index contributed by atoms with van der Waals surface area (Å²) < 4.78 is 5.24. The van der Waals surface area contributed by atoms with Gasteiger partial charge in [-0.25, -0.2) is 0 Å². The van der Waals surface area contributed by atoms with E-state index in [0.29, 0.717) is 5.56 Å². The number of carbonyl (C=O) groups excluding carboxylic acids is 1. The molecule has 0 saturated carbocycles. The molecule has 1 unspecified atom stereocenters. The van der Waals surface area contributed by atoms with Gasteiger partial charge in [-0.05, 0) is 60.5 Å². The minimum Gasteiger partial charge on any atom is -0.497 e. The Labute approximate surface area is 158 Å². The molecule has 0 spiro atoms. The first kappa shape index (κ1) is 17.1. The van der Waals surface area contributed by atoms with Gasteiger partial charge in [-0.2, -0.15) is 0 Å². The van der Waals surface area contributed by atoms with Gasteiger partial charge in [0.15, 0.2) is 6.17 Å². The molecule has 5 nitrogen and oxygen atoms in total. The highest BCUT2D eigenvalue weighted by molar-refractivity contribution is 6.11. The van der Waals surface area contributed by atoms with Crippen LogP contribution in [0.2, 0.25) is 0 Å². The summed E-state index contributed by atoms with van der Waals surface area (Å²) in [6, 6.07) is 19.3. The summed E-state index contributed by atoms with van der Waals surface area (Å²) in [5, 5.41) is 3.49. The van der Waals surface area contributed by atoms with Crippen LogP contribution in [0, 0.1) is 0 Å². The van der Waals surface area contributed by atoms with Gasteiger partial charge >= 0.3 is 0 Å². The monoisotopic (exact) mass is 359 g/mol. The van der Waals surface area contributed by atoms with Gasteiger partial charge in [0, 0.05) is 17.6 Å². The fraction of sp³-hybridized carbons (Fsp3) is 0.182.